The van der Waals surface area contributed by atoms with Crippen molar-refractivity contribution >= 4 is 5.97 Å². The molecule has 5 aliphatic carbocycles. The molecule has 0 aromatic heterocycles. The molecular formula is C48H78O18. The van der Waals surface area contributed by atoms with Gasteiger partial charge in [0.15, 0.2) is 25.0 Å². The molecule has 378 valence electrons. The van der Waals surface area contributed by atoms with Gasteiger partial charge in [-0.15, -0.1) is 0 Å². The molecule has 18 nitrogen and oxygen atoms in total. The summed E-state index contributed by atoms with van der Waals surface area (Å²) in [5, 5.41) is 120. The summed E-state index contributed by atoms with van der Waals surface area (Å²) in [6.07, 6.45) is -17.6. The molecule has 3 aliphatic heterocycles. The van der Waals surface area contributed by atoms with Crippen LogP contribution >= 0.6 is 0 Å². The van der Waals surface area contributed by atoms with Crippen molar-refractivity contribution in [1.29, 1.82) is 0 Å². The Balaban J connectivity index is 1.08. The lowest BCUT2D eigenvalue weighted by Crippen LogP contribution is -2.68. The number of aliphatic carboxylic acids is 1. The zero-order chi connectivity index (χ0) is 48.4. The molecule has 4 saturated carbocycles. The topological polar surface area (TPSA) is 295 Å². The molecule has 25 atom stereocenters. The normalized spacial score (nSPS) is 55.9. The van der Waals surface area contributed by atoms with Gasteiger partial charge in [-0.05, 0) is 104 Å². The summed E-state index contributed by atoms with van der Waals surface area (Å²) in [7, 11) is 0. The highest BCUT2D eigenvalue weighted by Gasteiger charge is 2.70. The summed E-state index contributed by atoms with van der Waals surface area (Å²) in [4.78, 5) is 12.5. The molecule has 0 amide bonds. The molecular weight excluding hydrogens is 865 g/mol. The van der Waals surface area contributed by atoms with Crippen molar-refractivity contribution in [1.82, 2.24) is 0 Å². The van der Waals surface area contributed by atoms with E-state index >= 15 is 0 Å². The first-order chi connectivity index (χ1) is 30.7. The highest BCUT2D eigenvalue weighted by Crippen LogP contribution is 2.76. The largest absolute Gasteiger partial charge is 0.479 e. The van der Waals surface area contributed by atoms with Gasteiger partial charge in [0.05, 0.1) is 31.5 Å². The molecule has 0 aromatic rings. The van der Waals surface area contributed by atoms with E-state index in [2.05, 4.69) is 47.6 Å². The number of carbonyl (C=O) groups is 1. The number of allylic oxidation sites excluding steroid dienone is 2. The third-order valence-electron chi connectivity index (χ3n) is 19.5. The minimum Gasteiger partial charge on any atom is -0.479 e. The number of carboxylic acids is 1. The summed E-state index contributed by atoms with van der Waals surface area (Å²) in [6.45, 7) is 16.3. The molecule has 0 spiro atoms. The van der Waals surface area contributed by atoms with Gasteiger partial charge in [0.1, 0.15) is 61.0 Å². The Bertz CT molecular complexity index is 1820. The maximum Gasteiger partial charge on any atom is 0.335 e. The van der Waals surface area contributed by atoms with E-state index in [9.17, 15) is 61.0 Å². The highest BCUT2D eigenvalue weighted by atomic mass is 16.8. The van der Waals surface area contributed by atoms with E-state index in [1.165, 1.54) is 12.5 Å². The standard InChI is InChI=1S/C48H78O18/c1-21-29(52)31(54)35(58)40(61-21)65-37-32(55)30(53)24(19-49)62-41(37)66-38-34(57)33(56)36(39(59)60)64-42(38)63-28-12-13-45(5)25(46(28,6)20-50)11-14-48(8)26(45)10-9-22-23-17-43(2,3)18-27(51)44(23,4)15-16-47(22,48)7/h9,21,23-38,40-42,49-58H,10-20H2,1-8H3,(H,59,60)/t21-,23+,24-,25-,26-,27-,28+,29+,30+,31+,32+,33+,34+,35-,36+,37-,38+,40+,41+,42+,44-,45+,46+,47-,48-/m1/s1. The Hall–Kier alpha value is -1.43. The van der Waals surface area contributed by atoms with Crippen molar-refractivity contribution in [2.24, 2.45) is 50.2 Å². The van der Waals surface area contributed by atoms with Crippen LogP contribution in [0.2, 0.25) is 0 Å². The van der Waals surface area contributed by atoms with E-state index in [1.807, 2.05) is 6.92 Å². The maximum absolute atomic E-state index is 12.5. The predicted octanol–water partition coefficient (Wildman–Crippen LogP) is 0.705. The SMILES string of the molecule is C[C@H]1O[C@@H](O[C@H]2[C@H](O[C@@H]3[C@@H](O[C@H]4CC[C@@]5(C)[C@@H](CC[C@]6(C)[C@@H]5CC=C5[C@@H]7CC(C)(C)C[C@@H](O)[C@]7(C)CC[C@]56C)[C@]4(C)CO)O[C@H](C(=O)O)[C@@H](O)[C@@H]3O)O[C@H](CO)[C@H](O)[C@@H]2O)[C@H](O)[C@@H](O)[C@H]1O. The van der Waals surface area contributed by atoms with Crippen LogP contribution in [0.5, 0.6) is 0 Å². The summed E-state index contributed by atoms with van der Waals surface area (Å²) in [6, 6.07) is 0. The van der Waals surface area contributed by atoms with Crippen molar-refractivity contribution in [2.45, 2.75) is 218 Å². The van der Waals surface area contributed by atoms with E-state index in [4.69, 9.17) is 28.4 Å². The van der Waals surface area contributed by atoms with Crippen LogP contribution in [-0.4, -0.2) is 180 Å². The van der Waals surface area contributed by atoms with Crippen molar-refractivity contribution in [3.05, 3.63) is 11.6 Å². The minimum atomic E-state index is -2.07. The van der Waals surface area contributed by atoms with Gasteiger partial charge in [0, 0.05) is 10.8 Å². The fourth-order valence-corrected chi connectivity index (χ4v) is 15.1. The Labute approximate surface area is 387 Å². The molecule has 18 heteroatoms. The quantitative estimate of drug-likeness (QED) is 0.112. The van der Waals surface area contributed by atoms with Crippen LogP contribution < -0.4 is 0 Å². The van der Waals surface area contributed by atoms with Crippen LogP contribution in [0.25, 0.3) is 0 Å². The third-order valence-corrected chi connectivity index (χ3v) is 19.5. The van der Waals surface area contributed by atoms with E-state index in [-0.39, 0.29) is 57.5 Å². The highest BCUT2D eigenvalue weighted by molar-refractivity contribution is 5.73. The van der Waals surface area contributed by atoms with Gasteiger partial charge < -0.3 is 84.6 Å². The lowest BCUT2D eigenvalue weighted by molar-refractivity contribution is -0.396. The summed E-state index contributed by atoms with van der Waals surface area (Å²) in [5.74, 6) is -1.16. The molecule has 3 heterocycles. The summed E-state index contributed by atoms with van der Waals surface area (Å²) < 4.78 is 36.2. The number of fused-ring (bicyclic) bond motifs is 7. The average molecular weight is 943 g/mol. The van der Waals surface area contributed by atoms with E-state index in [0.29, 0.717) is 12.8 Å². The molecule has 8 aliphatic rings. The lowest BCUT2D eigenvalue weighted by atomic mass is 9.33. The number of carboxylic acid groups (broad SMARTS) is 1. The Kier molecular flexibility index (Phi) is 13.7. The number of aliphatic hydroxyl groups excluding tert-OH is 10. The van der Waals surface area contributed by atoms with Crippen LogP contribution in [0.4, 0.5) is 0 Å². The van der Waals surface area contributed by atoms with Gasteiger partial charge in [0.2, 0.25) is 0 Å². The number of hydrogen-bond donors (Lipinski definition) is 11. The number of rotatable bonds is 9. The number of ether oxygens (including phenoxy) is 6. The molecule has 11 N–H and O–H groups in total. The molecule has 66 heavy (non-hydrogen) atoms. The summed E-state index contributed by atoms with van der Waals surface area (Å²) >= 11 is 0. The van der Waals surface area contributed by atoms with Crippen molar-refractivity contribution in [3.63, 3.8) is 0 Å². The van der Waals surface area contributed by atoms with E-state index < -0.39 is 116 Å². The fraction of sp³-hybridized carbons (Fsp3) is 0.938. The first-order valence-corrected chi connectivity index (χ1v) is 24.3. The molecule has 0 radical (unpaired) electrons. The smallest absolute Gasteiger partial charge is 0.335 e. The van der Waals surface area contributed by atoms with Crippen LogP contribution in [0.15, 0.2) is 11.6 Å². The fourth-order valence-electron chi connectivity index (χ4n) is 15.1. The van der Waals surface area contributed by atoms with Gasteiger partial charge in [-0.25, -0.2) is 4.79 Å². The predicted molar refractivity (Wildman–Crippen MR) is 231 cm³/mol. The van der Waals surface area contributed by atoms with Crippen LogP contribution in [0.1, 0.15) is 113 Å². The Morgan fingerprint density at radius 3 is 1.94 bits per heavy atom. The number of hydrogen-bond acceptors (Lipinski definition) is 17. The monoisotopic (exact) mass is 943 g/mol. The maximum atomic E-state index is 12.5. The van der Waals surface area contributed by atoms with Gasteiger partial charge >= 0.3 is 5.97 Å². The average Bonchev–Trinajstić information content (AvgIpc) is 3.25. The Morgan fingerprint density at radius 2 is 1.30 bits per heavy atom. The van der Waals surface area contributed by atoms with Gasteiger partial charge in [-0.2, -0.15) is 0 Å². The van der Waals surface area contributed by atoms with Gasteiger partial charge in [-0.1, -0.05) is 60.1 Å². The van der Waals surface area contributed by atoms with E-state index in [1.54, 1.807) is 0 Å². The van der Waals surface area contributed by atoms with Crippen LogP contribution in [0, 0.1) is 50.2 Å². The van der Waals surface area contributed by atoms with Crippen molar-refractivity contribution < 1.29 is 89.4 Å². The van der Waals surface area contributed by atoms with Crippen molar-refractivity contribution in [3.8, 4) is 0 Å². The molecule has 3 saturated heterocycles. The first-order valence-electron chi connectivity index (χ1n) is 24.3. The Morgan fingerprint density at radius 1 is 0.667 bits per heavy atom. The molecule has 0 aromatic carbocycles. The second-order valence-corrected chi connectivity index (χ2v) is 23.6. The van der Waals surface area contributed by atoms with Crippen molar-refractivity contribution in [2.75, 3.05) is 13.2 Å². The van der Waals surface area contributed by atoms with Gasteiger partial charge in [-0.3, -0.25) is 0 Å². The second kappa shape index (κ2) is 17.7. The zero-order valence-corrected chi connectivity index (χ0v) is 39.7. The minimum absolute atomic E-state index is 0.0166. The van der Waals surface area contributed by atoms with Crippen LogP contribution in [0.3, 0.4) is 0 Å². The molecule has 0 unspecified atom stereocenters. The molecule has 8 rings (SSSR count). The molecule has 7 fully saturated rings. The van der Waals surface area contributed by atoms with E-state index in [0.717, 1.165) is 44.9 Å². The second-order valence-electron chi connectivity index (χ2n) is 23.6. The first kappa shape index (κ1) is 50.9. The molecule has 0 bridgehead atoms. The van der Waals surface area contributed by atoms with Crippen LogP contribution in [-0.2, 0) is 33.2 Å². The van der Waals surface area contributed by atoms with Gasteiger partial charge in [0.25, 0.3) is 0 Å². The summed E-state index contributed by atoms with van der Waals surface area (Å²) in [5.41, 5.74) is -0.0545. The third kappa shape index (κ3) is 7.78. The zero-order valence-electron chi connectivity index (χ0n) is 39.7. The number of aliphatic hydroxyl groups is 10. The lowest BCUT2D eigenvalue weighted by Gasteiger charge is -2.72.